The van der Waals surface area contributed by atoms with Gasteiger partial charge in [0.1, 0.15) is 11.9 Å². The summed E-state index contributed by atoms with van der Waals surface area (Å²) >= 11 is 1.18. The van der Waals surface area contributed by atoms with Gasteiger partial charge < -0.3 is 15.7 Å². The highest BCUT2D eigenvalue weighted by atomic mass is 32.2. The van der Waals surface area contributed by atoms with Crippen molar-refractivity contribution < 1.29 is 32.3 Å². The van der Waals surface area contributed by atoms with Crippen LogP contribution in [0, 0.1) is 5.82 Å². The lowest BCUT2D eigenvalue weighted by atomic mass is 10.0. The Hall–Kier alpha value is -2.63. The highest BCUT2D eigenvalue weighted by Gasteiger charge is 2.43. The number of hydrogen-bond donors (Lipinski definition) is 4. The predicted octanol–water partition coefficient (Wildman–Crippen LogP) is 3.71. The monoisotopic (exact) mass is 527 g/mol. The van der Waals surface area contributed by atoms with E-state index < -0.39 is 48.0 Å². The maximum Gasteiger partial charge on any atom is 0.407 e. The number of alkyl halides is 3. The van der Waals surface area contributed by atoms with Crippen molar-refractivity contribution in [1.29, 1.82) is 0 Å². The maximum atomic E-state index is 14.0. The summed E-state index contributed by atoms with van der Waals surface area (Å²) < 4.78 is 55.3. The van der Waals surface area contributed by atoms with E-state index in [1.165, 1.54) is 11.8 Å². The molecule has 1 aliphatic rings. The first kappa shape index (κ1) is 27.9. The highest BCUT2D eigenvalue weighted by molar-refractivity contribution is 7.99. The molecule has 4 N–H and O–H groups in total. The summed E-state index contributed by atoms with van der Waals surface area (Å²) in [5.41, 5.74) is -0.248. The number of rotatable bonds is 12. The molecular weight excluding hydrogens is 498 g/mol. The Balaban J connectivity index is 1.79. The van der Waals surface area contributed by atoms with E-state index >= 15 is 0 Å². The summed E-state index contributed by atoms with van der Waals surface area (Å²) in [6, 6.07) is 8.15. The Morgan fingerprint density at radius 2 is 1.69 bits per heavy atom. The quantitative estimate of drug-likeness (QED) is 0.250. The van der Waals surface area contributed by atoms with E-state index in [-0.39, 0.29) is 23.8 Å². The van der Waals surface area contributed by atoms with Crippen LogP contribution in [0.15, 0.2) is 59.5 Å². The van der Waals surface area contributed by atoms with Gasteiger partial charge >= 0.3 is 6.18 Å². The minimum Gasteiger partial charge on any atom is -0.381 e. The Labute approximate surface area is 211 Å². The summed E-state index contributed by atoms with van der Waals surface area (Å²) in [6.07, 6.45) is -4.51. The molecule has 0 aliphatic heterocycles. The Morgan fingerprint density at radius 3 is 2.25 bits per heavy atom. The molecule has 0 bridgehead atoms. The van der Waals surface area contributed by atoms with E-state index in [4.69, 9.17) is 0 Å². The number of hydrogen-bond acceptors (Lipinski definition) is 5. The first-order chi connectivity index (χ1) is 17.1. The molecule has 1 fully saturated rings. The second-order valence-corrected chi connectivity index (χ2v) is 9.71. The van der Waals surface area contributed by atoms with Crippen LogP contribution in [0.25, 0.3) is 0 Å². The predicted molar refractivity (Wildman–Crippen MR) is 129 cm³/mol. The third-order valence-electron chi connectivity index (χ3n) is 5.72. The molecule has 6 nitrogen and oxygen atoms in total. The number of carbonyl (C=O) groups excluding carboxylic acids is 2. The smallest absolute Gasteiger partial charge is 0.381 e. The molecule has 2 aromatic rings. The van der Waals surface area contributed by atoms with Gasteiger partial charge in [-0.15, -0.1) is 11.8 Å². The summed E-state index contributed by atoms with van der Waals surface area (Å²) in [5.74, 6) is -2.17. The van der Waals surface area contributed by atoms with Crippen LogP contribution in [0.4, 0.5) is 17.6 Å². The number of carbonyl (C=O) groups is 2. The van der Waals surface area contributed by atoms with Crippen molar-refractivity contribution in [3.8, 4) is 0 Å². The number of halogens is 4. The van der Waals surface area contributed by atoms with Gasteiger partial charge in [-0.3, -0.25) is 14.9 Å². The van der Waals surface area contributed by atoms with Gasteiger partial charge in [0.15, 0.2) is 6.10 Å². The molecule has 4 atom stereocenters. The van der Waals surface area contributed by atoms with Gasteiger partial charge in [0.25, 0.3) is 5.91 Å². The van der Waals surface area contributed by atoms with Crippen LogP contribution in [0.1, 0.15) is 37.8 Å². The van der Waals surface area contributed by atoms with Crippen LogP contribution in [0.5, 0.6) is 0 Å². The first-order valence-corrected chi connectivity index (χ1v) is 12.6. The van der Waals surface area contributed by atoms with Gasteiger partial charge in [-0.1, -0.05) is 37.3 Å². The largest absolute Gasteiger partial charge is 0.407 e. The molecule has 0 spiro atoms. The Morgan fingerprint density at radius 1 is 1.06 bits per heavy atom. The molecule has 196 valence electrons. The lowest BCUT2D eigenvalue weighted by Gasteiger charge is -2.29. The van der Waals surface area contributed by atoms with Crippen LogP contribution in [0.2, 0.25) is 0 Å². The molecule has 0 aromatic heterocycles. The zero-order valence-electron chi connectivity index (χ0n) is 19.6. The molecule has 1 unspecified atom stereocenters. The molecule has 2 amide bonds. The van der Waals surface area contributed by atoms with Crippen LogP contribution in [-0.4, -0.2) is 53.1 Å². The Bertz CT molecular complexity index is 1000. The van der Waals surface area contributed by atoms with Crippen LogP contribution < -0.4 is 16.0 Å². The fourth-order valence-electron chi connectivity index (χ4n) is 3.52. The van der Waals surface area contributed by atoms with Crippen LogP contribution in [-0.2, 0) is 9.59 Å². The van der Waals surface area contributed by atoms with E-state index in [0.29, 0.717) is 0 Å². The van der Waals surface area contributed by atoms with Gasteiger partial charge in [0.2, 0.25) is 5.91 Å². The van der Waals surface area contributed by atoms with Gasteiger partial charge in [-0.05, 0) is 49.1 Å². The zero-order chi connectivity index (χ0) is 26.3. The third-order valence-corrected chi connectivity index (χ3v) is 6.82. The highest BCUT2D eigenvalue weighted by Crippen LogP contribution is 2.34. The third kappa shape index (κ3) is 8.21. The van der Waals surface area contributed by atoms with Gasteiger partial charge in [0.05, 0.1) is 12.1 Å². The molecule has 0 heterocycles. The minimum absolute atomic E-state index is 0.000276. The molecule has 1 saturated carbocycles. The van der Waals surface area contributed by atoms with Gasteiger partial charge in [-0.2, -0.15) is 13.2 Å². The molecule has 36 heavy (non-hydrogen) atoms. The fraction of sp³-hybridized carbons (Fsp3) is 0.440. The SMILES string of the molecule is CC[C@H](NC(=O)[C@H](CSc1ccccc1)N[C@@H](c1ccc(F)cc1)C(F)(F)F)C(O)C(=O)NC1CC1. The Kier molecular flexibility index (Phi) is 9.75. The summed E-state index contributed by atoms with van der Waals surface area (Å²) in [5, 5.41) is 18.0. The van der Waals surface area contributed by atoms with E-state index in [1.54, 1.807) is 37.3 Å². The summed E-state index contributed by atoms with van der Waals surface area (Å²) in [7, 11) is 0. The molecule has 11 heteroatoms. The maximum absolute atomic E-state index is 14.0. The number of nitrogens with one attached hydrogen (secondary N) is 3. The number of benzene rings is 2. The number of amides is 2. The molecule has 1 aliphatic carbocycles. The van der Waals surface area contributed by atoms with Crippen LogP contribution >= 0.6 is 11.8 Å². The molecule has 0 saturated heterocycles. The lowest BCUT2D eigenvalue weighted by molar-refractivity contribution is -0.160. The lowest BCUT2D eigenvalue weighted by Crippen LogP contribution is -2.56. The normalized spacial score (nSPS) is 17.1. The van der Waals surface area contributed by atoms with E-state index in [0.717, 1.165) is 42.0 Å². The average Bonchev–Trinajstić information content (AvgIpc) is 3.66. The second-order valence-electron chi connectivity index (χ2n) is 8.62. The van der Waals surface area contributed by atoms with Crippen LogP contribution in [0.3, 0.4) is 0 Å². The van der Waals surface area contributed by atoms with Gasteiger partial charge in [0, 0.05) is 16.7 Å². The van der Waals surface area contributed by atoms with Crippen molar-refractivity contribution in [3.63, 3.8) is 0 Å². The average molecular weight is 528 g/mol. The summed E-state index contributed by atoms with van der Waals surface area (Å²) in [6.45, 7) is 1.65. The van der Waals surface area contributed by atoms with Crippen molar-refractivity contribution in [3.05, 3.63) is 66.0 Å². The summed E-state index contributed by atoms with van der Waals surface area (Å²) in [4.78, 5) is 26.2. The first-order valence-electron chi connectivity index (χ1n) is 11.6. The van der Waals surface area contributed by atoms with E-state index in [1.807, 2.05) is 0 Å². The molecular formula is C25H29F4N3O3S. The fourth-order valence-corrected chi connectivity index (χ4v) is 4.47. The molecule has 3 rings (SSSR count). The second kappa shape index (κ2) is 12.6. The van der Waals surface area contributed by atoms with E-state index in [9.17, 15) is 32.3 Å². The van der Waals surface area contributed by atoms with Crippen molar-refractivity contribution in [2.24, 2.45) is 0 Å². The minimum atomic E-state index is -4.78. The van der Waals surface area contributed by atoms with Crippen molar-refractivity contribution in [2.75, 3.05) is 5.75 Å². The molecule has 2 aromatic carbocycles. The van der Waals surface area contributed by atoms with Gasteiger partial charge in [-0.25, -0.2) is 4.39 Å². The zero-order valence-corrected chi connectivity index (χ0v) is 20.4. The number of aliphatic hydroxyl groups is 1. The van der Waals surface area contributed by atoms with Crippen molar-refractivity contribution >= 4 is 23.6 Å². The number of aliphatic hydroxyl groups excluding tert-OH is 1. The van der Waals surface area contributed by atoms with Crippen molar-refractivity contribution in [1.82, 2.24) is 16.0 Å². The number of thioether (sulfide) groups is 1. The molecule has 0 radical (unpaired) electrons. The van der Waals surface area contributed by atoms with Crippen molar-refractivity contribution in [2.45, 2.75) is 67.5 Å². The topological polar surface area (TPSA) is 90.5 Å². The van der Waals surface area contributed by atoms with E-state index in [2.05, 4.69) is 16.0 Å². The standard InChI is InChI=1S/C25H29F4N3O3S/c1-2-19(21(33)24(35)30-17-12-13-17)32-23(34)20(14-36-18-6-4-3-5-7-18)31-22(25(27,28)29)15-8-10-16(26)11-9-15/h3-11,17,19-22,31,33H,2,12-14H2,1H3,(H,30,35)(H,32,34)/t19-,20-,21?,22-/m0/s1.